The van der Waals surface area contributed by atoms with Crippen LogP contribution in [-0.4, -0.2) is 47.6 Å². The Labute approximate surface area is 178 Å². The standard InChI is InChI=1S/C25H32N4O/c1-4-29-22-8-6-5-7-18(22)19-11-17(9-10-23(19)29)27-24(30)15-28-13-20-21(14-28)25(20)26-12-16(2)3/h5-11,16,20-21,25-26H,4,12-15H2,1-3H3,(H,27,30). The summed E-state index contributed by atoms with van der Waals surface area (Å²) in [6.45, 7) is 11.3. The monoisotopic (exact) mass is 404 g/mol. The van der Waals surface area contributed by atoms with Gasteiger partial charge in [0.2, 0.25) is 5.91 Å². The number of aromatic nitrogens is 1. The summed E-state index contributed by atoms with van der Waals surface area (Å²) in [7, 11) is 0. The molecule has 2 unspecified atom stereocenters. The zero-order chi connectivity index (χ0) is 20.8. The Bertz CT molecular complexity index is 1070. The van der Waals surface area contributed by atoms with E-state index in [4.69, 9.17) is 0 Å². The van der Waals surface area contributed by atoms with Crippen LogP contribution in [0, 0.1) is 17.8 Å². The molecule has 1 amide bonds. The third-order valence-corrected chi connectivity index (χ3v) is 6.77. The average Bonchev–Trinajstić information content (AvgIpc) is 3.06. The van der Waals surface area contributed by atoms with Crippen molar-refractivity contribution in [1.29, 1.82) is 0 Å². The van der Waals surface area contributed by atoms with E-state index in [2.05, 4.69) is 77.3 Å². The number of hydrogen-bond acceptors (Lipinski definition) is 3. The minimum absolute atomic E-state index is 0.0848. The van der Waals surface area contributed by atoms with Crippen LogP contribution in [-0.2, 0) is 11.3 Å². The van der Waals surface area contributed by atoms with Crippen LogP contribution in [0.4, 0.5) is 5.69 Å². The fourth-order valence-electron chi connectivity index (χ4n) is 5.29. The van der Waals surface area contributed by atoms with Gasteiger partial charge in [0.1, 0.15) is 0 Å². The van der Waals surface area contributed by atoms with E-state index >= 15 is 0 Å². The molecule has 2 N–H and O–H groups in total. The molecule has 1 aliphatic heterocycles. The van der Waals surface area contributed by atoms with Crippen molar-refractivity contribution in [3.05, 3.63) is 42.5 Å². The van der Waals surface area contributed by atoms with E-state index in [1.54, 1.807) is 0 Å². The van der Waals surface area contributed by atoms with Crippen LogP contribution in [0.25, 0.3) is 21.8 Å². The van der Waals surface area contributed by atoms with Crippen molar-refractivity contribution in [1.82, 2.24) is 14.8 Å². The molecule has 2 atom stereocenters. The number of carbonyl (C=O) groups excluding carboxylic acids is 1. The Kier molecular flexibility index (Phi) is 5.03. The van der Waals surface area contributed by atoms with Gasteiger partial charge in [0.05, 0.1) is 6.54 Å². The largest absolute Gasteiger partial charge is 0.341 e. The highest BCUT2D eigenvalue weighted by atomic mass is 16.2. The molecule has 2 aromatic carbocycles. The summed E-state index contributed by atoms with van der Waals surface area (Å²) in [6.07, 6.45) is 0. The third kappa shape index (κ3) is 3.50. The second-order valence-electron chi connectivity index (χ2n) is 9.39. The first-order valence-electron chi connectivity index (χ1n) is 11.3. The van der Waals surface area contributed by atoms with Crippen molar-refractivity contribution >= 4 is 33.4 Å². The number of nitrogens with one attached hydrogen (secondary N) is 2. The molecule has 5 nitrogen and oxygen atoms in total. The maximum atomic E-state index is 12.7. The van der Waals surface area contributed by atoms with E-state index in [-0.39, 0.29) is 5.91 Å². The lowest BCUT2D eigenvalue weighted by molar-refractivity contribution is -0.117. The summed E-state index contributed by atoms with van der Waals surface area (Å²) in [5, 5.41) is 9.25. The Morgan fingerprint density at radius 3 is 2.53 bits per heavy atom. The lowest BCUT2D eigenvalue weighted by atomic mass is 10.1. The van der Waals surface area contributed by atoms with Gasteiger partial charge in [-0.25, -0.2) is 0 Å². The van der Waals surface area contributed by atoms with Gasteiger partial charge in [0, 0.05) is 53.2 Å². The van der Waals surface area contributed by atoms with Crippen LogP contribution in [0.1, 0.15) is 20.8 Å². The minimum atomic E-state index is 0.0848. The minimum Gasteiger partial charge on any atom is -0.341 e. The number of benzene rings is 2. The molecule has 2 aliphatic rings. The first-order chi connectivity index (χ1) is 14.5. The van der Waals surface area contributed by atoms with Gasteiger partial charge in [0.25, 0.3) is 0 Å². The first kappa shape index (κ1) is 19.6. The van der Waals surface area contributed by atoms with Crippen molar-refractivity contribution < 1.29 is 4.79 Å². The number of nitrogens with zero attached hydrogens (tertiary/aromatic N) is 2. The van der Waals surface area contributed by atoms with E-state index in [1.807, 2.05) is 6.07 Å². The van der Waals surface area contributed by atoms with Gasteiger partial charge in [-0.2, -0.15) is 0 Å². The summed E-state index contributed by atoms with van der Waals surface area (Å²) in [5.41, 5.74) is 3.35. The van der Waals surface area contributed by atoms with Crippen LogP contribution in [0.3, 0.4) is 0 Å². The number of amides is 1. The number of rotatable bonds is 7. The van der Waals surface area contributed by atoms with Crippen LogP contribution < -0.4 is 10.6 Å². The molecule has 5 rings (SSSR count). The summed E-state index contributed by atoms with van der Waals surface area (Å²) in [4.78, 5) is 15.0. The lowest BCUT2D eigenvalue weighted by Gasteiger charge is -2.19. The number of carbonyl (C=O) groups is 1. The van der Waals surface area contributed by atoms with Gasteiger partial charge in [0.15, 0.2) is 0 Å². The van der Waals surface area contributed by atoms with E-state index in [0.29, 0.717) is 18.5 Å². The number of fused-ring (bicyclic) bond motifs is 4. The summed E-state index contributed by atoms with van der Waals surface area (Å²) < 4.78 is 2.33. The Morgan fingerprint density at radius 1 is 1.07 bits per heavy atom. The molecule has 0 spiro atoms. The normalized spacial score (nSPS) is 23.4. The van der Waals surface area contributed by atoms with Crippen LogP contribution in [0.2, 0.25) is 0 Å². The van der Waals surface area contributed by atoms with Crippen molar-refractivity contribution in [3.8, 4) is 0 Å². The maximum Gasteiger partial charge on any atom is 0.238 e. The number of anilines is 1. The highest BCUT2D eigenvalue weighted by molar-refractivity contribution is 6.09. The van der Waals surface area contributed by atoms with Crippen molar-refractivity contribution in [2.75, 3.05) is 31.5 Å². The number of piperidine rings is 1. The van der Waals surface area contributed by atoms with Gasteiger partial charge in [-0.1, -0.05) is 32.0 Å². The number of hydrogen-bond donors (Lipinski definition) is 2. The smallest absolute Gasteiger partial charge is 0.238 e. The summed E-state index contributed by atoms with van der Waals surface area (Å²) in [6, 6.07) is 15.4. The fraction of sp³-hybridized carbons (Fsp3) is 0.480. The molecular formula is C25H32N4O. The van der Waals surface area contributed by atoms with Crippen LogP contribution in [0.15, 0.2) is 42.5 Å². The van der Waals surface area contributed by atoms with Crippen molar-refractivity contribution in [2.24, 2.45) is 17.8 Å². The van der Waals surface area contributed by atoms with Crippen LogP contribution >= 0.6 is 0 Å². The van der Waals surface area contributed by atoms with Crippen molar-refractivity contribution in [2.45, 2.75) is 33.4 Å². The first-order valence-corrected chi connectivity index (χ1v) is 11.3. The Morgan fingerprint density at radius 2 is 1.80 bits per heavy atom. The third-order valence-electron chi connectivity index (χ3n) is 6.77. The molecular weight excluding hydrogens is 372 g/mol. The van der Waals surface area contributed by atoms with Gasteiger partial charge in [-0.3, -0.25) is 9.69 Å². The summed E-state index contributed by atoms with van der Waals surface area (Å²) in [5.74, 6) is 2.24. The van der Waals surface area contributed by atoms with Crippen LogP contribution in [0.5, 0.6) is 0 Å². The SMILES string of the molecule is CCn1c2ccccc2c2cc(NC(=O)CN3CC4C(C3)C4NCC(C)C)ccc21. The van der Waals surface area contributed by atoms with Gasteiger partial charge in [-0.15, -0.1) is 0 Å². The highest BCUT2D eigenvalue weighted by Gasteiger charge is 2.55. The highest BCUT2D eigenvalue weighted by Crippen LogP contribution is 2.45. The lowest BCUT2D eigenvalue weighted by Crippen LogP contribution is -2.37. The molecule has 3 aromatic rings. The predicted molar refractivity (Wildman–Crippen MR) is 124 cm³/mol. The molecule has 1 saturated heterocycles. The van der Waals surface area contributed by atoms with E-state index in [0.717, 1.165) is 43.7 Å². The quantitative estimate of drug-likeness (QED) is 0.627. The predicted octanol–water partition coefficient (Wildman–Crippen LogP) is 3.93. The average molecular weight is 405 g/mol. The molecule has 0 bridgehead atoms. The molecule has 2 heterocycles. The van der Waals surface area contributed by atoms with Gasteiger partial charge in [-0.05, 0) is 55.5 Å². The van der Waals surface area contributed by atoms with E-state index in [9.17, 15) is 4.79 Å². The van der Waals surface area contributed by atoms with E-state index < -0.39 is 0 Å². The molecule has 2 fully saturated rings. The number of likely N-dealkylation sites (tertiary alicyclic amines) is 1. The fourth-order valence-corrected chi connectivity index (χ4v) is 5.29. The summed E-state index contributed by atoms with van der Waals surface area (Å²) >= 11 is 0. The molecule has 0 radical (unpaired) electrons. The molecule has 158 valence electrons. The zero-order valence-electron chi connectivity index (χ0n) is 18.2. The molecule has 1 aliphatic carbocycles. The number of para-hydroxylation sites is 1. The second-order valence-corrected chi connectivity index (χ2v) is 9.39. The van der Waals surface area contributed by atoms with Gasteiger partial charge >= 0.3 is 0 Å². The molecule has 30 heavy (non-hydrogen) atoms. The van der Waals surface area contributed by atoms with Gasteiger partial charge < -0.3 is 15.2 Å². The molecule has 5 heteroatoms. The topological polar surface area (TPSA) is 49.3 Å². The second kappa shape index (κ2) is 7.71. The molecule has 1 aromatic heterocycles. The van der Waals surface area contributed by atoms with Crippen molar-refractivity contribution in [3.63, 3.8) is 0 Å². The molecule has 1 saturated carbocycles. The van der Waals surface area contributed by atoms with E-state index in [1.165, 1.54) is 21.8 Å². The zero-order valence-corrected chi connectivity index (χ0v) is 18.2. The Balaban J connectivity index is 1.23. The maximum absolute atomic E-state index is 12.7. The number of aryl methyl sites for hydroxylation is 1. The Hall–Kier alpha value is -2.37.